The van der Waals surface area contributed by atoms with Crippen molar-refractivity contribution in [1.82, 2.24) is 10.1 Å². The maximum absolute atomic E-state index is 13.0. The summed E-state index contributed by atoms with van der Waals surface area (Å²) >= 11 is 0. The van der Waals surface area contributed by atoms with Gasteiger partial charge >= 0.3 is 0 Å². The van der Waals surface area contributed by atoms with E-state index in [1.54, 1.807) is 6.20 Å². The van der Waals surface area contributed by atoms with Crippen molar-refractivity contribution in [2.75, 3.05) is 13.1 Å². The summed E-state index contributed by atoms with van der Waals surface area (Å²) in [6.07, 6.45) is 2.58. The molecule has 1 fully saturated rings. The molecule has 1 aliphatic heterocycles. The van der Waals surface area contributed by atoms with Gasteiger partial charge in [0.2, 0.25) is 0 Å². The van der Waals surface area contributed by atoms with Crippen LogP contribution in [0, 0.1) is 5.41 Å². The zero-order valence-corrected chi connectivity index (χ0v) is 17.3. The summed E-state index contributed by atoms with van der Waals surface area (Å²) < 4.78 is 5.28. The van der Waals surface area contributed by atoms with E-state index in [0.29, 0.717) is 6.54 Å². The van der Waals surface area contributed by atoms with Crippen molar-refractivity contribution in [3.8, 4) is 0 Å². The third-order valence-corrected chi connectivity index (χ3v) is 5.83. The highest BCUT2D eigenvalue weighted by Crippen LogP contribution is 2.40. The molecule has 4 heteroatoms. The predicted molar refractivity (Wildman–Crippen MR) is 114 cm³/mol. The zero-order chi connectivity index (χ0) is 20.4. The number of hydrogen-bond donors (Lipinski definition) is 0. The summed E-state index contributed by atoms with van der Waals surface area (Å²) in [5, 5.41) is 3.79. The molecule has 1 aromatic heterocycles. The molecular weight excluding hydrogens is 360 g/mol. The van der Waals surface area contributed by atoms with Gasteiger partial charge in [-0.3, -0.25) is 4.79 Å². The van der Waals surface area contributed by atoms with Crippen LogP contribution in [0.5, 0.6) is 0 Å². The van der Waals surface area contributed by atoms with E-state index in [4.69, 9.17) is 4.52 Å². The van der Waals surface area contributed by atoms with Crippen molar-refractivity contribution in [3.63, 3.8) is 0 Å². The Labute approximate surface area is 172 Å². The molecule has 2 heterocycles. The minimum absolute atomic E-state index is 0.0755. The van der Waals surface area contributed by atoms with Crippen LogP contribution < -0.4 is 0 Å². The molecule has 0 radical (unpaired) electrons. The van der Waals surface area contributed by atoms with Gasteiger partial charge < -0.3 is 9.42 Å². The Morgan fingerprint density at radius 3 is 2.34 bits per heavy atom. The number of aromatic nitrogens is 1. The normalized spacial score (nSPS) is 18.0. The average molecular weight is 389 g/mol. The highest BCUT2D eigenvalue weighted by molar-refractivity contribution is 5.94. The first-order valence-electron chi connectivity index (χ1n) is 10.3. The summed E-state index contributed by atoms with van der Waals surface area (Å²) in [6, 6.07) is 20.7. The lowest BCUT2D eigenvalue weighted by molar-refractivity contribution is 0.0790. The molecular formula is C25H28N2O2. The number of benzene rings is 2. The van der Waals surface area contributed by atoms with Crippen LogP contribution in [0.15, 0.2) is 71.4 Å². The third-order valence-electron chi connectivity index (χ3n) is 5.83. The standard InChI is InChI=1S/C25H28N2O2/c1-25(2,3)23(18-7-5-4-6-8-18)19-9-11-20(12-10-19)24(28)27-16-14-21(17-27)22-13-15-26-29-22/h4-13,15,21,23H,14,16-17H2,1-3H3. The SMILES string of the molecule is CC(C)(C)C(c1ccccc1)c1ccc(C(=O)N2CCC(c3ccno3)C2)cc1. The Kier molecular flexibility index (Phi) is 5.27. The highest BCUT2D eigenvalue weighted by Gasteiger charge is 2.31. The monoisotopic (exact) mass is 388 g/mol. The first kappa shape index (κ1) is 19.4. The predicted octanol–water partition coefficient (Wildman–Crippen LogP) is 5.48. The van der Waals surface area contributed by atoms with Crippen LogP contribution in [0.2, 0.25) is 0 Å². The Balaban J connectivity index is 1.52. The van der Waals surface area contributed by atoms with Gasteiger partial charge in [0.15, 0.2) is 0 Å². The first-order valence-corrected chi connectivity index (χ1v) is 10.3. The van der Waals surface area contributed by atoms with Crippen molar-refractivity contribution in [2.24, 2.45) is 5.41 Å². The minimum Gasteiger partial charge on any atom is -0.361 e. The van der Waals surface area contributed by atoms with Gasteiger partial charge in [-0.2, -0.15) is 0 Å². The fourth-order valence-corrected chi connectivity index (χ4v) is 4.45. The summed E-state index contributed by atoms with van der Waals surface area (Å²) in [6.45, 7) is 8.22. The Bertz CT molecular complexity index is 941. The number of likely N-dealkylation sites (tertiary alicyclic amines) is 1. The van der Waals surface area contributed by atoms with Crippen molar-refractivity contribution >= 4 is 5.91 Å². The molecule has 0 spiro atoms. The van der Waals surface area contributed by atoms with Crippen molar-refractivity contribution in [2.45, 2.75) is 39.0 Å². The molecule has 0 saturated carbocycles. The Morgan fingerprint density at radius 2 is 1.72 bits per heavy atom. The topological polar surface area (TPSA) is 46.3 Å². The van der Waals surface area contributed by atoms with Crippen LogP contribution in [0.4, 0.5) is 0 Å². The van der Waals surface area contributed by atoms with E-state index in [2.05, 4.69) is 62.3 Å². The van der Waals surface area contributed by atoms with E-state index < -0.39 is 0 Å². The van der Waals surface area contributed by atoms with Gasteiger partial charge in [-0.25, -0.2) is 0 Å². The molecule has 2 aromatic carbocycles. The van der Waals surface area contributed by atoms with Gasteiger partial charge in [-0.05, 0) is 35.1 Å². The second-order valence-electron chi connectivity index (χ2n) is 8.98. The summed E-state index contributed by atoms with van der Waals surface area (Å²) in [5.41, 5.74) is 3.36. The molecule has 2 atom stereocenters. The number of carbonyl (C=O) groups is 1. The average Bonchev–Trinajstić information content (AvgIpc) is 3.40. The quantitative estimate of drug-likeness (QED) is 0.594. The molecule has 4 nitrogen and oxygen atoms in total. The lowest BCUT2D eigenvalue weighted by Gasteiger charge is -2.32. The molecule has 0 N–H and O–H groups in total. The molecule has 0 bridgehead atoms. The van der Waals surface area contributed by atoms with E-state index in [-0.39, 0.29) is 23.2 Å². The van der Waals surface area contributed by atoms with Gasteiger partial charge in [0.25, 0.3) is 5.91 Å². The van der Waals surface area contributed by atoms with Crippen LogP contribution in [-0.4, -0.2) is 29.1 Å². The molecule has 3 aromatic rings. The molecule has 150 valence electrons. The molecule has 29 heavy (non-hydrogen) atoms. The maximum atomic E-state index is 13.0. The van der Waals surface area contributed by atoms with Gasteiger partial charge in [-0.1, -0.05) is 68.4 Å². The Morgan fingerprint density at radius 1 is 1.03 bits per heavy atom. The van der Waals surface area contributed by atoms with Gasteiger partial charge in [0.1, 0.15) is 5.76 Å². The number of nitrogens with zero attached hydrogens (tertiary/aromatic N) is 2. The van der Waals surface area contributed by atoms with Crippen LogP contribution in [0.1, 0.15) is 66.3 Å². The summed E-state index contributed by atoms with van der Waals surface area (Å²) in [5.74, 6) is 1.47. The van der Waals surface area contributed by atoms with E-state index >= 15 is 0 Å². The van der Waals surface area contributed by atoms with Crippen LogP contribution in [0.3, 0.4) is 0 Å². The fraction of sp³-hybridized carbons (Fsp3) is 0.360. The van der Waals surface area contributed by atoms with Crippen molar-refractivity contribution in [3.05, 3.63) is 89.3 Å². The Hall–Kier alpha value is -2.88. The first-order chi connectivity index (χ1) is 13.9. The fourth-order valence-electron chi connectivity index (χ4n) is 4.45. The van der Waals surface area contributed by atoms with Gasteiger partial charge in [0, 0.05) is 36.6 Å². The number of rotatable bonds is 4. The zero-order valence-electron chi connectivity index (χ0n) is 17.3. The third kappa shape index (κ3) is 4.12. The smallest absolute Gasteiger partial charge is 0.253 e. The van der Waals surface area contributed by atoms with E-state index in [1.807, 2.05) is 29.2 Å². The second kappa shape index (κ2) is 7.86. The molecule has 4 rings (SSSR count). The minimum atomic E-state index is 0.0755. The van der Waals surface area contributed by atoms with Crippen molar-refractivity contribution in [1.29, 1.82) is 0 Å². The van der Waals surface area contributed by atoms with Crippen LogP contribution >= 0.6 is 0 Å². The molecule has 0 aliphatic carbocycles. The molecule has 2 unspecified atom stereocenters. The molecule has 1 saturated heterocycles. The second-order valence-corrected chi connectivity index (χ2v) is 8.98. The number of hydrogen-bond acceptors (Lipinski definition) is 3. The van der Waals surface area contributed by atoms with Gasteiger partial charge in [-0.15, -0.1) is 0 Å². The maximum Gasteiger partial charge on any atom is 0.253 e. The highest BCUT2D eigenvalue weighted by atomic mass is 16.5. The molecule has 1 aliphatic rings. The number of carbonyl (C=O) groups excluding carboxylic acids is 1. The van der Waals surface area contributed by atoms with E-state index in [9.17, 15) is 4.79 Å². The largest absolute Gasteiger partial charge is 0.361 e. The van der Waals surface area contributed by atoms with Crippen LogP contribution in [0.25, 0.3) is 0 Å². The summed E-state index contributed by atoms with van der Waals surface area (Å²) in [7, 11) is 0. The van der Waals surface area contributed by atoms with Crippen molar-refractivity contribution < 1.29 is 9.32 Å². The molecule has 1 amide bonds. The lowest BCUT2D eigenvalue weighted by atomic mass is 9.72. The number of amides is 1. The van der Waals surface area contributed by atoms with E-state index in [0.717, 1.165) is 24.3 Å². The lowest BCUT2D eigenvalue weighted by Crippen LogP contribution is -2.28. The summed E-state index contributed by atoms with van der Waals surface area (Å²) in [4.78, 5) is 14.9. The van der Waals surface area contributed by atoms with E-state index in [1.165, 1.54) is 11.1 Å². The van der Waals surface area contributed by atoms with Gasteiger partial charge in [0.05, 0.1) is 6.20 Å². The van der Waals surface area contributed by atoms with Crippen LogP contribution in [-0.2, 0) is 0 Å².